The average Bonchev–Trinajstić information content (AvgIpc) is 2.66. The van der Waals surface area contributed by atoms with E-state index in [1.54, 1.807) is 13.3 Å². The first kappa shape index (κ1) is 14.6. The summed E-state index contributed by atoms with van der Waals surface area (Å²) in [6.45, 7) is 11.7. The van der Waals surface area contributed by atoms with Gasteiger partial charge in [-0.1, -0.05) is 33.9 Å². The summed E-state index contributed by atoms with van der Waals surface area (Å²) in [6.07, 6.45) is 3.98. The van der Waals surface area contributed by atoms with Crippen LogP contribution in [0.4, 0.5) is 0 Å². The zero-order chi connectivity index (χ0) is 14.4. The Balaban J connectivity index is 2.82. The lowest BCUT2D eigenvalue weighted by Gasteiger charge is -2.38. The summed E-state index contributed by atoms with van der Waals surface area (Å²) < 4.78 is 8.96. The molecule has 19 heavy (non-hydrogen) atoms. The molecule has 0 fully saturated rings. The number of pyridine rings is 1. The number of rotatable bonds is 2. The lowest BCUT2D eigenvalue weighted by molar-refractivity contribution is 0.402. The molecule has 0 atom stereocenters. The van der Waals surface area contributed by atoms with Crippen molar-refractivity contribution < 1.29 is 4.74 Å². The first-order valence-electron chi connectivity index (χ1n) is 6.40. The summed E-state index contributed by atoms with van der Waals surface area (Å²) in [4.78, 5) is 4.35. The number of hydrogen-bond donors (Lipinski definition) is 0. The summed E-state index contributed by atoms with van der Waals surface area (Å²) in [6, 6.07) is 2.03. The summed E-state index contributed by atoms with van der Waals surface area (Å²) in [5.41, 5.74) is 1.10. The molecule has 0 aliphatic heterocycles. The standard InChI is InChI=1S/C14H21BrN2OSi/c1-14(2,3)19(5,6)17-9-11(15)10-7-8-16-13(18-4)12(10)17/h7-9H,1-6H3. The van der Waals surface area contributed by atoms with Gasteiger partial charge in [0.2, 0.25) is 5.88 Å². The Bertz CT molecular complexity index is 614. The third-order valence-corrected chi connectivity index (χ3v) is 10.1. The lowest BCUT2D eigenvalue weighted by Crippen LogP contribution is -2.45. The van der Waals surface area contributed by atoms with Gasteiger partial charge in [-0.15, -0.1) is 0 Å². The van der Waals surface area contributed by atoms with Crippen LogP contribution >= 0.6 is 15.9 Å². The van der Waals surface area contributed by atoms with Gasteiger partial charge in [0.25, 0.3) is 0 Å². The molecule has 0 N–H and O–H groups in total. The number of hydrogen-bond acceptors (Lipinski definition) is 2. The molecule has 5 heteroatoms. The quantitative estimate of drug-likeness (QED) is 0.743. The van der Waals surface area contributed by atoms with E-state index >= 15 is 0 Å². The lowest BCUT2D eigenvalue weighted by atomic mass is 10.2. The van der Waals surface area contributed by atoms with E-state index in [1.165, 1.54) is 0 Å². The summed E-state index contributed by atoms with van der Waals surface area (Å²) in [5.74, 6) is 0.702. The van der Waals surface area contributed by atoms with Gasteiger partial charge in [-0.3, -0.25) is 0 Å². The van der Waals surface area contributed by atoms with E-state index < -0.39 is 8.24 Å². The second-order valence-electron chi connectivity index (χ2n) is 6.37. The van der Waals surface area contributed by atoms with Crippen molar-refractivity contribution in [3.05, 3.63) is 22.9 Å². The number of methoxy groups -OCH3 is 1. The molecule has 104 valence electrons. The van der Waals surface area contributed by atoms with Gasteiger partial charge in [-0.25, -0.2) is 4.98 Å². The molecule has 0 amide bonds. The van der Waals surface area contributed by atoms with Crippen molar-refractivity contribution in [1.82, 2.24) is 9.22 Å². The fraction of sp³-hybridized carbons (Fsp3) is 0.500. The van der Waals surface area contributed by atoms with E-state index in [9.17, 15) is 0 Å². The van der Waals surface area contributed by atoms with Gasteiger partial charge < -0.3 is 8.97 Å². The van der Waals surface area contributed by atoms with E-state index in [0.29, 0.717) is 5.88 Å². The van der Waals surface area contributed by atoms with Gasteiger partial charge in [0.15, 0.2) is 8.24 Å². The third-order valence-electron chi connectivity index (χ3n) is 4.26. The van der Waals surface area contributed by atoms with Crippen molar-refractivity contribution in [2.24, 2.45) is 0 Å². The van der Waals surface area contributed by atoms with E-state index in [4.69, 9.17) is 4.74 Å². The third kappa shape index (κ3) is 2.23. The Morgan fingerprint density at radius 3 is 2.47 bits per heavy atom. The Hall–Kier alpha value is -0.813. The van der Waals surface area contributed by atoms with Crippen LogP contribution in [0.2, 0.25) is 18.1 Å². The highest BCUT2D eigenvalue weighted by atomic mass is 79.9. The minimum atomic E-state index is -1.71. The molecular weight excluding hydrogens is 320 g/mol. The van der Waals surface area contributed by atoms with Crippen molar-refractivity contribution in [2.75, 3.05) is 7.11 Å². The minimum absolute atomic E-state index is 0.249. The normalized spacial score (nSPS) is 13.0. The maximum atomic E-state index is 5.46. The van der Waals surface area contributed by atoms with Crippen LogP contribution in [0.15, 0.2) is 22.9 Å². The summed E-state index contributed by atoms with van der Waals surface area (Å²) in [5, 5.41) is 1.41. The highest BCUT2D eigenvalue weighted by Crippen LogP contribution is 2.42. The Labute approximate surface area is 124 Å². The van der Waals surface area contributed by atoms with Crippen LogP contribution < -0.4 is 4.74 Å². The SMILES string of the molecule is COc1nccc2c(Br)cn([Si](C)(C)C(C)(C)C)c12. The monoisotopic (exact) mass is 340 g/mol. The maximum Gasteiger partial charge on any atom is 0.237 e. The fourth-order valence-corrected chi connectivity index (χ4v) is 4.72. The second-order valence-corrected chi connectivity index (χ2v) is 12.3. The molecule has 0 aliphatic carbocycles. The first-order valence-corrected chi connectivity index (χ1v) is 10.1. The fourth-order valence-electron chi connectivity index (χ4n) is 2.06. The van der Waals surface area contributed by atoms with Crippen LogP contribution in [0.5, 0.6) is 5.88 Å². The second kappa shape index (κ2) is 4.63. The molecule has 2 heterocycles. The molecule has 2 rings (SSSR count). The van der Waals surface area contributed by atoms with Crippen LogP contribution in [-0.4, -0.2) is 24.6 Å². The van der Waals surface area contributed by atoms with Gasteiger partial charge in [0, 0.05) is 22.3 Å². The van der Waals surface area contributed by atoms with Crippen LogP contribution in [0.3, 0.4) is 0 Å². The number of fused-ring (bicyclic) bond motifs is 1. The molecule has 2 aromatic heterocycles. The van der Waals surface area contributed by atoms with Crippen molar-refractivity contribution >= 4 is 35.1 Å². The average molecular weight is 341 g/mol. The van der Waals surface area contributed by atoms with Gasteiger partial charge >= 0.3 is 0 Å². The molecule has 0 unspecified atom stereocenters. The first-order chi connectivity index (χ1) is 8.70. The Morgan fingerprint density at radius 1 is 1.32 bits per heavy atom. The molecule has 0 bridgehead atoms. The zero-order valence-electron chi connectivity index (χ0n) is 12.4. The molecule has 0 aliphatic rings. The van der Waals surface area contributed by atoms with Crippen molar-refractivity contribution in [1.29, 1.82) is 0 Å². The van der Waals surface area contributed by atoms with Crippen LogP contribution in [0, 0.1) is 0 Å². The number of ether oxygens (including phenoxy) is 1. The van der Waals surface area contributed by atoms with E-state index in [1.807, 2.05) is 6.07 Å². The summed E-state index contributed by atoms with van der Waals surface area (Å²) >= 11 is 3.66. The smallest absolute Gasteiger partial charge is 0.237 e. The molecule has 0 aromatic carbocycles. The van der Waals surface area contributed by atoms with Crippen LogP contribution in [-0.2, 0) is 0 Å². The van der Waals surface area contributed by atoms with Crippen LogP contribution in [0.25, 0.3) is 10.9 Å². The van der Waals surface area contributed by atoms with Crippen molar-refractivity contribution in [3.63, 3.8) is 0 Å². The van der Waals surface area contributed by atoms with Crippen molar-refractivity contribution in [3.8, 4) is 5.88 Å². The van der Waals surface area contributed by atoms with Gasteiger partial charge in [0.05, 0.1) is 7.11 Å². The maximum absolute atomic E-state index is 5.46. The van der Waals surface area contributed by atoms with Gasteiger partial charge in [-0.05, 0) is 27.0 Å². The zero-order valence-corrected chi connectivity index (χ0v) is 15.0. The Morgan fingerprint density at radius 2 is 1.95 bits per heavy atom. The number of halogens is 1. The highest BCUT2D eigenvalue weighted by molar-refractivity contribution is 9.10. The molecular formula is C14H21BrN2OSi. The van der Waals surface area contributed by atoms with Gasteiger partial charge in [0.1, 0.15) is 5.52 Å². The Kier molecular flexibility index (Phi) is 3.56. The largest absolute Gasteiger partial charge is 0.480 e. The number of nitrogens with zero attached hydrogens (tertiary/aromatic N) is 2. The minimum Gasteiger partial charge on any atom is -0.480 e. The van der Waals surface area contributed by atoms with E-state index in [0.717, 1.165) is 15.4 Å². The predicted octanol–water partition coefficient (Wildman–Crippen LogP) is 4.66. The molecule has 0 radical (unpaired) electrons. The topological polar surface area (TPSA) is 27.1 Å². The highest BCUT2D eigenvalue weighted by Gasteiger charge is 2.39. The molecule has 2 aromatic rings. The predicted molar refractivity (Wildman–Crippen MR) is 86.6 cm³/mol. The van der Waals surface area contributed by atoms with Crippen molar-refractivity contribution in [2.45, 2.75) is 38.9 Å². The molecule has 0 spiro atoms. The molecule has 3 nitrogen and oxygen atoms in total. The molecule has 0 saturated heterocycles. The summed E-state index contributed by atoms with van der Waals surface area (Å²) in [7, 11) is -0.0264. The van der Waals surface area contributed by atoms with E-state index in [-0.39, 0.29) is 5.04 Å². The van der Waals surface area contributed by atoms with E-state index in [2.05, 4.69) is 65.2 Å². The van der Waals surface area contributed by atoms with Gasteiger partial charge in [-0.2, -0.15) is 0 Å². The van der Waals surface area contributed by atoms with Crippen LogP contribution in [0.1, 0.15) is 20.8 Å². The number of aromatic nitrogens is 2. The molecule has 0 saturated carbocycles.